The molecule has 1 heterocycles. The number of phenols is 3. The first-order valence-electron chi connectivity index (χ1n) is 8.35. The van der Waals surface area contributed by atoms with Crippen molar-refractivity contribution in [2.24, 2.45) is 0 Å². The van der Waals surface area contributed by atoms with Crippen LogP contribution in [0.3, 0.4) is 0 Å². The first-order chi connectivity index (χ1) is 12.0. The summed E-state index contributed by atoms with van der Waals surface area (Å²) in [4.78, 5) is 25.7. The van der Waals surface area contributed by atoms with Crippen molar-refractivity contribution in [3.8, 4) is 17.2 Å². The van der Waals surface area contributed by atoms with Gasteiger partial charge in [0.2, 0.25) is 0 Å². The van der Waals surface area contributed by atoms with Gasteiger partial charge in [-0.15, -0.1) is 0 Å². The molecule has 144 valence electrons. The molecule has 26 heavy (non-hydrogen) atoms. The van der Waals surface area contributed by atoms with Gasteiger partial charge in [-0.3, -0.25) is 0 Å². The average molecular weight is 367 g/mol. The lowest BCUT2D eigenvalue weighted by Crippen LogP contribution is -2.48. The fourth-order valence-corrected chi connectivity index (χ4v) is 2.56. The number of likely N-dealkylation sites (tertiary alicyclic amines) is 1. The highest BCUT2D eigenvalue weighted by molar-refractivity contribution is 5.90. The monoisotopic (exact) mass is 367 g/mol. The number of hydrogen-bond acceptors (Lipinski definition) is 6. The Balaban J connectivity index is 1.82. The predicted octanol–water partition coefficient (Wildman–Crippen LogP) is 2.32. The fourth-order valence-electron chi connectivity index (χ4n) is 2.56. The Labute approximate surface area is 151 Å². The molecule has 1 aromatic rings. The summed E-state index contributed by atoms with van der Waals surface area (Å²) in [6.07, 6.45) is 0.799. The maximum absolute atomic E-state index is 12.0. The lowest BCUT2D eigenvalue weighted by atomic mass is 10.1. The minimum absolute atomic E-state index is 0.118. The van der Waals surface area contributed by atoms with E-state index in [-0.39, 0.29) is 17.8 Å². The number of anilines is 1. The van der Waals surface area contributed by atoms with Crippen LogP contribution in [0.4, 0.5) is 15.3 Å². The van der Waals surface area contributed by atoms with Gasteiger partial charge in [-0.2, -0.15) is 0 Å². The molecule has 2 rings (SSSR count). The Morgan fingerprint density at radius 3 is 2.15 bits per heavy atom. The van der Waals surface area contributed by atoms with Gasteiger partial charge in [0, 0.05) is 31.3 Å². The molecule has 1 aliphatic rings. The largest absolute Gasteiger partial charge is 0.504 e. The van der Waals surface area contributed by atoms with Gasteiger partial charge in [0.05, 0.1) is 5.69 Å². The van der Waals surface area contributed by atoms with Crippen LogP contribution in [0.5, 0.6) is 17.2 Å². The number of phenolic OH excluding ortho intramolecular Hbond substituents is 3. The van der Waals surface area contributed by atoms with Crippen molar-refractivity contribution >= 4 is 17.8 Å². The van der Waals surface area contributed by atoms with E-state index in [0.717, 1.165) is 12.1 Å². The van der Waals surface area contributed by atoms with E-state index < -0.39 is 28.9 Å². The Kier molecular flexibility index (Phi) is 5.69. The van der Waals surface area contributed by atoms with Crippen LogP contribution >= 0.6 is 0 Å². The zero-order valence-corrected chi connectivity index (χ0v) is 15.1. The van der Waals surface area contributed by atoms with Crippen molar-refractivity contribution in [1.29, 1.82) is 0 Å². The Hall–Kier alpha value is -2.84. The van der Waals surface area contributed by atoms with Crippen LogP contribution in [0, 0.1) is 0 Å². The minimum atomic E-state index is -0.648. The summed E-state index contributed by atoms with van der Waals surface area (Å²) in [5.74, 6) is -1.72. The predicted molar refractivity (Wildman–Crippen MR) is 94.4 cm³/mol. The quantitative estimate of drug-likeness (QED) is 0.403. The molecule has 9 nitrogen and oxygen atoms in total. The van der Waals surface area contributed by atoms with E-state index in [4.69, 9.17) is 4.74 Å². The summed E-state index contributed by atoms with van der Waals surface area (Å²) in [6, 6.07) is 1.62. The van der Waals surface area contributed by atoms with Crippen molar-refractivity contribution in [1.82, 2.24) is 10.2 Å². The number of ether oxygens (including phenoxy) is 1. The molecule has 0 spiro atoms. The number of rotatable bonds is 2. The van der Waals surface area contributed by atoms with E-state index in [2.05, 4.69) is 10.6 Å². The number of benzene rings is 1. The average Bonchev–Trinajstić information content (AvgIpc) is 2.51. The summed E-state index contributed by atoms with van der Waals surface area (Å²) < 4.78 is 5.32. The van der Waals surface area contributed by atoms with Crippen molar-refractivity contribution < 1.29 is 29.6 Å². The number of carbonyl (C=O) groups is 2. The first kappa shape index (κ1) is 19.5. The molecule has 0 aliphatic carbocycles. The van der Waals surface area contributed by atoms with Crippen LogP contribution in [0.1, 0.15) is 33.6 Å². The van der Waals surface area contributed by atoms with E-state index in [0.29, 0.717) is 25.9 Å². The molecule has 1 fully saturated rings. The molecule has 3 amide bonds. The molecule has 0 atom stereocenters. The number of amides is 3. The number of urea groups is 1. The fraction of sp³-hybridized carbons (Fsp3) is 0.529. The number of nitrogens with zero attached hydrogens (tertiary/aromatic N) is 1. The summed E-state index contributed by atoms with van der Waals surface area (Å²) in [7, 11) is 0. The van der Waals surface area contributed by atoms with Gasteiger partial charge in [-0.05, 0) is 33.6 Å². The highest BCUT2D eigenvalue weighted by Gasteiger charge is 2.27. The van der Waals surface area contributed by atoms with E-state index in [1.807, 2.05) is 20.8 Å². The van der Waals surface area contributed by atoms with Crippen molar-refractivity contribution in [2.45, 2.75) is 45.3 Å². The zero-order chi connectivity index (χ0) is 19.5. The van der Waals surface area contributed by atoms with Crippen LogP contribution in [0.2, 0.25) is 0 Å². The van der Waals surface area contributed by atoms with Crippen molar-refractivity contribution in [2.75, 3.05) is 18.4 Å². The third-order valence-corrected chi connectivity index (χ3v) is 3.81. The Bertz CT molecular complexity index is 655. The molecular formula is C17H25N3O6. The van der Waals surface area contributed by atoms with Gasteiger partial charge in [0.25, 0.3) is 0 Å². The van der Waals surface area contributed by atoms with E-state index in [1.165, 1.54) is 0 Å². The molecule has 0 saturated carbocycles. The standard InChI is InChI=1S/C17H25N3O6/c1-17(2,3)26-16(25)20-6-4-10(5-7-20)18-15(24)19-11-8-12(21)14(23)13(22)9-11/h8-10,21-23H,4-7H2,1-3H3,(H2,18,19,24). The van der Waals surface area contributed by atoms with Crippen LogP contribution in [-0.2, 0) is 4.74 Å². The Morgan fingerprint density at radius 2 is 1.65 bits per heavy atom. The van der Waals surface area contributed by atoms with E-state index in [1.54, 1.807) is 4.90 Å². The van der Waals surface area contributed by atoms with Crippen LogP contribution in [0.25, 0.3) is 0 Å². The summed E-state index contributed by atoms with van der Waals surface area (Å²) >= 11 is 0. The molecule has 1 saturated heterocycles. The summed E-state index contributed by atoms with van der Waals surface area (Å²) in [5, 5.41) is 33.4. The van der Waals surface area contributed by atoms with Gasteiger partial charge in [0.1, 0.15) is 5.60 Å². The topological polar surface area (TPSA) is 131 Å². The maximum Gasteiger partial charge on any atom is 0.410 e. The van der Waals surface area contributed by atoms with Crippen LogP contribution in [0.15, 0.2) is 12.1 Å². The van der Waals surface area contributed by atoms with Crippen LogP contribution < -0.4 is 10.6 Å². The molecule has 1 aromatic carbocycles. The SMILES string of the molecule is CC(C)(C)OC(=O)N1CCC(NC(=O)Nc2cc(O)c(O)c(O)c2)CC1. The lowest BCUT2D eigenvalue weighted by molar-refractivity contribution is 0.0202. The Morgan fingerprint density at radius 1 is 1.12 bits per heavy atom. The van der Waals surface area contributed by atoms with Crippen molar-refractivity contribution in [3.05, 3.63) is 12.1 Å². The van der Waals surface area contributed by atoms with Gasteiger partial charge < -0.3 is 35.6 Å². The number of carbonyl (C=O) groups excluding carboxylic acids is 2. The van der Waals surface area contributed by atoms with Gasteiger partial charge in [-0.1, -0.05) is 0 Å². The minimum Gasteiger partial charge on any atom is -0.504 e. The molecule has 0 aromatic heterocycles. The maximum atomic E-state index is 12.0. The smallest absolute Gasteiger partial charge is 0.410 e. The third-order valence-electron chi connectivity index (χ3n) is 3.81. The van der Waals surface area contributed by atoms with Gasteiger partial charge >= 0.3 is 12.1 Å². The highest BCUT2D eigenvalue weighted by Crippen LogP contribution is 2.37. The summed E-state index contributed by atoms with van der Waals surface area (Å²) in [6.45, 7) is 6.37. The van der Waals surface area contributed by atoms with Crippen molar-refractivity contribution in [3.63, 3.8) is 0 Å². The third kappa shape index (κ3) is 5.33. The molecule has 0 radical (unpaired) electrons. The molecule has 1 aliphatic heterocycles. The van der Waals surface area contributed by atoms with Crippen LogP contribution in [-0.4, -0.2) is 57.1 Å². The van der Waals surface area contributed by atoms with E-state index >= 15 is 0 Å². The molecular weight excluding hydrogens is 342 g/mol. The normalized spacial score (nSPS) is 15.4. The van der Waals surface area contributed by atoms with Gasteiger partial charge in [-0.25, -0.2) is 9.59 Å². The lowest BCUT2D eigenvalue weighted by Gasteiger charge is -2.33. The number of nitrogens with one attached hydrogen (secondary N) is 2. The molecule has 0 unspecified atom stereocenters. The number of hydrogen-bond donors (Lipinski definition) is 5. The number of piperidine rings is 1. The first-order valence-corrected chi connectivity index (χ1v) is 8.35. The molecule has 0 bridgehead atoms. The summed E-state index contributed by atoms with van der Waals surface area (Å²) in [5.41, 5.74) is -0.408. The zero-order valence-electron chi connectivity index (χ0n) is 15.1. The highest BCUT2D eigenvalue weighted by atomic mass is 16.6. The molecule has 9 heteroatoms. The molecule has 5 N–H and O–H groups in total. The van der Waals surface area contributed by atoms with Gasteiger partial charge in [0.15, 0.2) is 17.2 Å². The second kappa shape index (κ2) is 7.59. The second-order valence-electron chi connectivity index (χ2n) is 7.20. The number of aromatic hydroxyl groups is 3. The van der Waals surface area contributed by atoms with E-state index in [9.17, 15) is 24.9 Å². The second-order valence-corrected chi connectivity index (χ2v) is 7.20.